The molecule has 1 N–H and O–H groups in total. The lowest BCUT2D eigenvalue weighted by atomic mass is 10.1. The molecule has 15 heavy (non-hydrogen) atoms. The fraction of sp³-hybridized carbons (Fsp3) is 0.200. The Bertz CT molecular complexity index is 388. The van der Waals surface area contributed by atoms with Crippen molar-refractivity contribution in [2.45, 2.75) is 12.5 Å². The molecule has 0 saturated carbocycles. The number of imidazole rings is 1. The van der Waals surface area contributed by atoms with Crippen LogP contribution in [0.25, 0.3) is 0 Å². The predicted molar refractivity (Wildman–Crippen MR) is 56.9 cm³/mol. The van der Waals surface area contributed by atoms with Crippen LogP contribution < -0.4 is 0 Å². The third-order valence-corrected chi connectivity index (χ3v) is 3.10. The maximum absolute atomic E-state index is 10.8. The van der Waals surface area contributed by atoms with Crippen molar-refractivity contribution in [2.24, 2.45) is 0 Å². The van der Waals surface area contributed by atoms with Crippen LogP contribution in [0.15, 0.2) is 36.2 Å². The fourth-order valence-corrected chi connectivity index (χ4v) is 2.29. The number of hydrogen-bond acceptors (Lipinski definition) is 3. The summed E-state index contributed by atoms with van der Waals surface area (Å²) in [4.78, 5) is 15.7. The monoisotopic (exact) mass is 222 g/mol. The van der Waals surface area contributed by atoms with Crippen LogP contribution in [-0.2, 0) is 4.79 Å². The number of hydrogen-bond donors (Lipinski definition) is 1. The predicted octanol–water partition coefficient (Wildman–Crippen LogP) is 2.01. The third-order valence-electron chi connectivity index (χ3n) is 2.12. The van der Waals surface area contributed by atoms with Crippen LogP contribution >= 0.6 is 11.3 Å². The highest BCUT2D eigenvalue weighted by Gasteiger charge is 2.17. The number of aliphatic carboxylic acids is 1. The van der Waals surface area contributed by atoms with Crippen molar-refractivity contribution in [1.29, 1.82) is 0 Å². The van der Waals surface area contributed by atoms with Crippen molar-refractivity contribution < 1.29 is 9.90 Å². The number of carbonyl (C=O) groups is 1. The van der Waals surface area contributed by atoms with Crippen molar-refractivity contribution >= 4 is 17.3 Å². The molecule has 2 heterocycles. The van der Waals surface area contributed by atoms with Crippen LogP contribution in [0.2, 0.25) is 0 Å². The summed E-state index contributed by atoms with van der Waals surface area (Å²) in [6, 6.07) is 3.72. The van der Waals surface area contributed by atoms with Gasteiger partial charge in [0, 0.05) is 17.3 Å². The third kappa shape index (κ3) is 2.24. The lowest BCUT2D eigenvalue weighted by Gasteiger charge is -2.14. The highest BCUT2D eigenvalue weighted by molar-refractivity contribution is 7.10. The number of nitrogens with zero attached hydrogens (tertiary/aromatic N) is 2. The van der Waals surface area contributed by atoms with Crippen molar-refractivity contribution in [2.75, 3.05) is 0 Å². The van der Waals surface area contributed by atoms with Crippen molar-refractivity contribution in [1.82, 2.24) is 9.55 Å². The van der Waals surface area contributed by atoms with E-state index < -0.39 is 5.97 Å². The van der Waals surface area contributed by atoms with Crippen LogP contribution in [0.1, 0.15) is 17.3 Å². The summed E-state index contributed by atoms with van der Waals surface area (Å²) in [5.74, 6) is -0.804. The maximum atomic E-state index is 10.8. The highest BCUT2D eigenvalue weighted by Crippen LogP contribution is 2.25. The molecule has 4 nitrogen and oxygen atoms in total. The SMILES string of the molecule is O=C(O)CC(c1cccs1)n1ccnc1. The van der Waals surface area contributed by atoms with E-state index in [4.69, 9.17) is 5.11 Å². The minimum Gasteiger partial charge on any atom is -0.481 e. The van der Waals surface area contributed by atoms with Crippen molar-refractivity contribution in [3.8, 4) is 0 Å². The molecule has 0 amide bonds. The van der Waals surface area contributed by atoms with Gasteiger partial charge < -0.3 is 9.67 Å². The first-order valence-corrected chi connectivity index (χ1v) is 5.38. The molecule has 0 aliphatic carbocycles. The van der Waals surface area contributed by atoms with Gasteiger partial charge in [-0.25, -0.2) is 4.98 Å². The smallest absolute Gasteiger partial charge is 0.305 e. The minimum atomic E-state index is -0.804. The lowest BCUT2D eigenvalue weighted by molar-refractivity contribution is -0.137. The molecule has 0 fully saturated rings. The van der Waals surface area contributed by atoms with Gasteiger partial charge >= 0.3 is 5.97 Å². The highest BCUT2D eigenvalue weighted by atomic mass is 32.1. The Kier molecular flexibility index (Phi) is 2.82. The van der Waals surface area contributed by atoms with E-state index in [-0.39, 0.29) is 12.5 Å². The maximum Gasteiger partial charge on any atom is 0.305 e. The van der Waals surface area contributed by atoms with Gasteiger partial charge in [-0.1, -0.05) is 6.07 Å². The van der Waals surface area contributed by atoms with E-state index in [0.717, 1.165) is 4.88 Å². The van der Waals surface area contributed by atoms with Crippen molar-refractivity contribution in [3.05, 3.63) is 41.1 Å². The minimum absolute atomic E-state index is 0.0802. The second kappa shape index (κ2) is 4.27. The molecule has 2 aromatic rings. The van der Waals surface area contributed by atoms with Gasteiger partial charge in [0.25, 0.3) is 0 Å². The van der Waals surface area contributed by atoms with Crippen LogP contribution in [-0.4, -0.2) is 20.6 Å². The first-order chi connectivity index (χ1) is 7.27. The zero-order valence-corrected chi connectivity index (χ0v) is 8.72. The van der Waals surface area contributed by atoms with E-state index in [2.05, 4.69) is 4.98 Å². The Morgan fingerprint density at radius 1 is 1.67 bits per heavy atom. The molecule has 0 bridgehead atoms. The molecule has 0 spiro atoms. The van der Waals surface area contributed by atoms with Crippen LogP contribution in [0.3, 0.4) is 0 Å². The normalized spacial score (nSPS) is 12.5. The molecule has 0 radical (unpaired) electrons. The lowest BCUT2D eigenvalue weighted by Crippen LogP contribution is -2.12. The van der Waals surface area contributed by atoms with E-state index in [1.807, 2.05) is 22.1 Å². The molecular weight excluding hydrogens is 212 g/mol. The second-order valence-corrected chi connectivity index (χ2v) is 4.12. The van der Waals surface area contributed by atoms with E-state index in [1.165, 1.54) is 0 Å². The summed E-state index contributed by atoms with van der Waals surface area (Å²) in [6.45, 7) is 0. The largest absolute Gasteiger partial charge is 0.481 e. The topological polar surface area (TPSA) is 55.1 Å². The summed E-state index contributed by atoms with van der Waals surface area (Å²) in [5, 5.41) is 10.8. The number of rotatable bonds is 4. The van der Waals surface area contributed by atoms with E-state index in [9.17, 15) is 4.79 Å². The Balaban J connectivity index is 2.29. The van der Waals surface area contributed by atoms with Crippen LogP contribution in [0, 0.1) is 0 Å². The molecule has 2 rings (SSSR count). The van der Waals surface area contributed by atoms with E-state index >= 15 is 0 Å². The van der Waals surface area contributed by atoms with Crippen molar-refractivity contribution in [3.63, 3.8) is 0 Å². The molecular formula is C10H10N2O2S. The number of carboxylic acids is 1. The van der Waals surface area contributed by atoms with E-state index in [0.29, 0.717) is 0 Å². The summed E-state index contributed by atoms with van der Waals surface area (Å²) in [7, 11) is 0. The van der Waals surface area contributed by atoms with Gasteiger partial charge in [-0.2, -0.15) is 0 Å². The Morgan fingerprint density at radius 3 is 3.07 bits per heavy atom. The first-order valence-electron chi connectivity index (χ1n) is 4.50. The van der Waals surface area contributed by atoms with Crippen LogP contribution in [0.5, 0.6) is 0 Å². The standard InChI is InChI=1S/C10H10N2O2S/c13-10(14)6-8(9-2-1-5-15-9)12-4-3-11-7-12/h1-5,7-8H,6H2,(H,13,14). The number of carboxylic acid groups (broad SMARTS) is 1. The quantitative estimate of drug-likeness (QED) is 0.860. The van der Waals surface area contributed by atoms with Gasteiger partial charge in [-0.3, -0.25) is 4.79 Å². The van der Waals surface area contributed by atoms with Gasteiger partial charge in [0.1, 0.15) is 0 Å². The fourth-order valence-electron chi connectivity index (χ4n) is 1.45. The molecule has 1 unspecified atom stereocenters. The Hall–Kier alpha value is -1.62. The molecule has 0 aromatic carbocycles. The van der Waals surface area contributed by atoms with Crippen LogP contribution in [0.4, 0.5) is 0 Å². The average Bonchev–Trinajstić information content (AvgIpc) is 2.87. The molecule has 0 aliphatic heterocycles. The molecule has 0 aliphatic rings. The van der Waals surface area contributed by atoms with Gasteiger partial charge in [-0.05, 0) is 11.4 Å². The zero-order chi connectivity index (χ0) is 10.7. The van der Waals surface area contributed by atoms with Gasteiger partial charge in [0.15, 0.2) is 0 Å². The molecule has 2 aromatic heterocycles. The summed E-state index contributed by atoms with van der Waals surface area (Å²) >= 11 is 1.56. The summed E-state index contributed by atoms with van der Waals surface area (Å²) in [5.41, 5.74) is 0. The molecule has 1 atom stereocenters. The molecule has 0 saturated heterocycles. The zero-order valence-electron chi connectivity index (χ0n) is 7.91. The average molecular weight is 222 g/mol. The van der Waals surface area contributed by atoms with Gasteiger partial charge in [0.05, 0.1) is 18.8 Å². The Labute approximate surface area is 90.8 Å². The van der Waals surface area contributed by atoms with E-state index in [1.54, 1.807) is 30.1 Å². The number of aromatic nitrogens is 2. The summed E-state index contributed by atoms with van der Waals surface area (Å²) < 4.78 is 1.82. The first kappa shape index (κ1) is 9.92. The second-order valence-electron chi connectivity index (χ2n) is 3.14. The molecule has 5 heteroatoms. The van der Waals surface area contributed by atoms with Gasteiger partial charge in [0.2, 0.25) is 0 Å². The number of thiophene rings is 1. The Morgan fingerprint density at radius 2 is 2.53 bits per heavy atom. The molecule has 78 valence electrons. The summed E-state index contributed by atoms with van der Waals surface area (Å²) in [6.07, 6.45) is 5.17. The van der Waals surface area contributed by atoms with Gasteiger partial charge in [-0.15, -0.1) is 11.3 Å².